The standard InChI is InChI=1S/C13H13N3O4/c17-11(18)7-15-6-8(5-14-15)16-12(19)9-3-1-2-4-10(9)13(16)20/h1-2,5-6,9-10H,3-4,7H2,(H,17,18)/t9-,10+. The van der Waals surface area contributed by atoms with E-state index in [-0.39, 0.29) is 30.2 Å². The molecule has 0 bridgehead atoms. The van der Waals surface area contributed by atoms with Gasteiger partial charge in [0.1, 0.15) is 6.54 Å². The molecule has 104 valence electrons. The van der Waals surface area contributed by atoms with E-state index < -0.39 is 5.97 Å². The number of carboxylic acid groups (broad SMARTS) is 1. The van der Waals surface area contributed by atoms with Crippen LogP contribution in [0.5, 0.6) is 0 Å². The van der Waals surface area contributed by atoms with E-state index in [2.05, 4.69) is 5.10 Å². The first kappa shape index (κ1) is 12.6. The molecule has 1 saturated heterocycles. The summed E-state index contributed by atoms with van der Waals surface area (Å²) in [5.41, 5.74) is 0.343. The van der Waals surface area contributed by atoms with Crippen LogP contribution < -0.4 is 4.90 Å². The normalized spacial score (nSPS) is 25.1. The van der Waals surface area contributed by atoms with Gasteiger partial charge >= 0.3 is 5.97 Å². The van der Waals surface area contributed by atoms with Gasteiger partial charge in [0.15, 0.2) is 0 Å². The predicted molar refractivity (Wildman–Crippen MR) is 67.7 cm³/mol. The Balaban J connectivity index is 1.87. The van der Waals surface area contributed by atoms with Crippen LogP contribution in [0.3, 0.4) is 0 Å². The Bertz CT molecular complexity index is 593. The first-order valence-corrected chi connectivity index (χ1v) is 6.35. The second-order valence-electron chi connectivity index (χ2n) is 4.96. The molecule has 0 unspecified atom stereocenters. The molecular formula is C13H13N3O4. The Morgan fingerprint density at radius 3 is 2.40 bits per heavy atom. The van der Waals surface area contributed by atoms with Crippen LogP contribution in [0.15, 0.2) is 24.5 Å². The topological polar surface area (TPSA) is 92.5 Å². The Morgan fingerprint density at radius 1 is 1.25 bits per heavy atom. The number of aliphatic carboxylic acids is 1. The van der Waals surface area contributed by atoms with Crippen molar-refractivity contribution in [1.29, 1.82) is 0 Å². The highest BCUT2D eigenvalue weighted by atomic mass is 16.4. The van der Waals surface area contributed by atoms with Gasteiger partial charge in [-0.2, -0.15) is 5.10 Å². The molecule has 1 N–H and O–H groups in total. The van der Waals surface area contributed by atoms with Crippen molar-refractivity contribution in [1.82, 2.24) is 9.78 Å². The summed E-state index contributed by atoms with van der Waals surface area (Å²) < 4.78 is 1.19. The maximum atomic E-state index is 12.3. The van der Waals surface area contributed by atoms with Gasteiger partial charge in [-0.05, 0) is 12.8 Å². The fraction of sp³-hybridized carbons (Fsp3) is 0.385. The van der Waals surface area contributed by atoms with Gasteiger partial charge in [-0.15, -0.1) is 0 Å². The van der Waals surface area contributed by atoms with E-state index in [0.29, 0.717) is 18.5 Å². The predicted octanol–water partition coefficient (Wildman–Crippen LogP) is 0.423. The van der Waals surface area contributed by atoms with Gasteiger partial charge in [-0.25, -0.2) is 4.90 Å². The highest BCUT2D eigenvalue weighted by Gasteiger charge is 2.48. The third-order valence-corrected chi connectivity index (χ3v) is 3.68. The molecule has 0 spiro atoms. The Hall–Kier alpha value is -2.44. The number of imide groups is 1. The minimum absolute atomic E-state index is 0.223. The monoisotopic (exact) mass is 275 g/mol. The van der Waals surface area contributed by atoms with E-state index in [1.807, 2.05) is 12.2 Å². The molecule has 2 amide bonds. The van der Waals surface area contributed by atoms with Crippen LogP contribution in [0.2, 0.25) is 0 Å². The molecule has 20 heavy (non-hydrogen) atoms. The number of hydrogen-bond donors (Lipinski definition) is 1. The summed E-state index contributed by atoms with van der Waals surface area (Å²) in [6.45, 7) is -0.301. The number of aromatic nitrogens is 2. The van der Waals surface area contributed by atoms with Gasteiger partial charge in [0.2, 0.25) is 11.8 Å². The van der Waals surface area contributed by atoms with Crippen molar-refractivity contribution in [2.45, 2.75) is 19.4 Å². The summed E-state index contributed by atoms with van der Waals surface area (Å²) in [5, 5.41) is 12.6. The number of fused-ring (bicyclic) bond motifs is 1. The average Bonchev–Trinajstić information content (AvgIpc) is 2.94. The van der Waals surface area contributed by atoms with Crippen molar-refractivity contribution in [3.05, 3.63) is 24.5 Å². The summed E-state index contributed by atoms with van der Waals surface area (Å²) in [6, 6.07) is 0. The Morgan fingerprint density at radius 2 is 1.85 bits per heavy atom. The summed E-state index contributed by atoms with van der Waals surface area (Å²) in [6.07, 6.45) is 7.76. The molecule has 3 rings (SSSR count). The molecule has 2 atom stereocenters. The first-order chi connectivity index (χ1) is 9.58. The molecule has 0 aromatic carbocycles. The SMILES string of the molecule is O=C(O)Cn1cc(N2C(=O)[C@H]3CC=CC[C@H]3C2=O)cn1. The number of carbonyl (C=O) groups excluding carboxylic acids is 2. The maximum Gasteiger partial charge on any atom is 0.325 e. The zero-order valence-corrected chi connectivity index (χ0v) is 10.6. The highest BCUT2D eigenvalue weighted by Crippen LogP contribution is 2.37. The third-order valence-electron chi connectivity index (χ3n) is 3.68. The van der Waals surface area contributed by atoms with Gasteiger partial charge < -0.3 is 5.11 Å². The lowest BCUT2D eigenvalue weighted by Crippen LogP contribution is -2.30. The summed E-state index contributed by atoms with van der Waals surface area (Å²) in [5.74, 6) is -2.07. The summed E-state index contributed by atoms with van der Waals surface area (Å²) in [7, 11) is 0. The fourth-order valence-electron chi connectivity index (χ4n) is 2.75. The molecule has 7 heteroatoms. The van der Waals surface area contributed by atoms with Crippen molar-refractivity contribution in [2.75, 3.05) is 4.90 Å². The van der Waals surface area contributed by atoms with Gasteiger partial charge in [0.25, 0.3) is 0 Å². The number of allylic oxidation sites excluding steroid dienone is 2. The molecule has 1 fully saturated rings. The average molecular weight is 275 g/mol. The molecule has 2 aliphatic rings. The minimum atomic E-state index is -1.03. The van der Waals surface area contributed by atoms with E-state index >= 15 is 0 Å². The van der Waals surface area contributed by atoms with Gasteiger partial charge in [0.05, 0.1) is 23.7 Å². The largest absolute Gasteiger partial charge is 0.480 e. The maximum absolute atomic E-state index is 12.3. The lowest BCUT2D eigenvalue weighted by atomic mass is 9.85. The number of anilines is 1. The summed E-state index contributed by atoms with van der Waals surface area (Å²) >= 11 is 0. The van der Waals surface area contributed by atoms with E-state index in [9.17, 15) is 14.4 Å². The van der Waals surface area contributed by atoms with Crippen LogP contribution in [-0.2, 0) is 20.9 Å². The number of carboxylic acids is 1. The van der Waals surface area contributed by atoms with Crippen LogP contribution in [0.1, 0.15) is 12.8 Å². The highest BCUT2D eigenvalue weighted by molar-refractivity contribution is 6.22. The Labute approximate surface area is 114 Å². The molecule has 0 saturated carbocycles. The number of amides is 2. The minimum Gasteiger partial charge on any atom is -0.480 e. The quantitative estimate of drug-likeness (QED) is 0.637. The zero-order chi connectivity index (χ0) is 14.3. The number of hydrogen-bond acceptors (Lipinski definition) is 4. The van der Waals surface area contributed by atoms with Crippen LogP contribution >= 0.6 is 0 Å². The third kappa shape index (κ3) is 1.91. The van der Waals surface area contributed by atoms with Crippen molar-refractivity contribution >= 4 is 23.5 Å². The van der Waals surface area contributed by atoms with Crippen LogP contribution in [0, 0.1) is 11.8 Å². The molecule has 2 heterocycles. The van der Waals surface area contributed by atoms with Crippen molar-refractivity contribution in [3.8, 4) is 0 Å². The van der Waals surface area contributed by atoms with E-state index in [0.717, 1.165) is 4.90 Å². The van der Waals surface area contributed by atoms with E-state index in [1.165, 1.54) is 17.1 Å². The lowest BCUT2D eigenvalue weighted by Gasteiger charge is -2.14. The second kappa shape index (κ2) is 4.59. The van der Waals surface area contributed by atoms with Gasteiger partial charge in [-0.3, -0.25) is 19.1 Å². The first-order valence-electron chi connectivity index (χ1n) is 6.35. The van der Waals surface area contributed by atoms with E-state index in [4.69, 9.17) is 5.11 Å². The Kier molecular flexibility index (Phi) is 2.89. The van der Waals surface area contributed by atoms with E-state index in [1.54, 1.807) is 0 Å². The van der Waals surface area contributed by atoms with Crippen LogP contribution in [-0.4, -0.2) is 32.7 Å². The van der Waals surface area contributed by atoms with Gasteiger partial charge in [-0.1, -0.05) is 12.2 Å². The van der Waals surface area contributed by atoms with Crippen LogP contribution in [0.4, 0.5) is 5.69 Å². The fourth-order valence-corrected chi connectivity index (χ4v) is 2.75. The van der Waals surface area contributed by atoms with Crippen molar-refractivity contribution in [3.63, 3.8) is 0 Å². The second-order valence-corrected chi connectivity index (χ2v) is 4.96. The van der Waals surface area contributed by atoms with Crippen LogP contribution in [0.25, 0.3) is 0 Å². The molecule has 1 aliphatic carbocycles. The van der Waals surface area contributed by atoms with Crippen molar-refractivity contribution in [2.24, 2.45) is 11.8 Å². The number of nitrogens with zero attached hydrogens (tertiary/aromatic N) is 3. The summed E-state index contributed by atoms with van der Waals surface area (Å²) in [4.78, 5) is 36.3. The molecule has 1 aromatic heterocycles. The molecule has 1 aromatic rings. The number of rotatable bonds is 3. The zero-order valence-electron chi connectivity index (χ0n) is 10.6. The smallest absolute Gasteiger partial charge is 0.325 e. The molecular weight excluding hydrogens is 262 g/mol. The van der Waals surface area contributed by atoms with Gasteiger partial charge in [0, 0.05) is 6.20 Å². The van der Waals surface area contributed by atoms with Crippen molar-refractivity contribution < 1.29 is 19.5 Å². The molecule has 7 nitrogen and oxygen atoms in total. The molecule has 1 aliphatic heterocycles. The number of carbonyl (C=O) groups is 3. The molecule has 0 radical (unpaired) electrons. The lowest BCUT2D eigenvalue weighted by molar-refractivity contribution is -0.138.